The molecule has 2 amide bonds. The second-order valence-electron chi connectivity index (χ2n) is 8.71. The van der Waals surface area contributed by atoms with Crippen molar-refractivity contribution < 1.29 is 9.59 Å². The van der Waals surface area contributed by atoms with E-state index in [9.17, 15) is 9.59 Å². The van der Waals surface area contributed by atoms with Gasteiger partial charge in [0.25, 0.3) is 5.91 Å². The van der Waals surface area contributed by atoms with Crippen LogP contribution in [0.5, 0.6) is 0 Å². The molecule has 0 spiro atoms. The molecule has 6 nitrogen and oxygen atoms in total. The lowest BCUT2D eigenvalue weighted by Crippen LogP contribution is -2.48. The average molecular weight is 433 g/mol. The van der Waals surface area contributed by atoms with Crippen LogP contribution in [0.3, 0.4) is 0 Å². The van der Waals surface area contributed by atoms with Gasteiger partial charge in [-0.2, -0.15) is 0 Å². The summed E-state index contributed by atoms with van der Waals surface area (Å²) in [6, 6.07) is 14.6. The Balaban J connectivity index is 1.28. The highest BCUT2D eigenvalue weighted by Crippen LogP contribution is 2.31. The van der Waals surface area contributed by atoms with E-state index in [0.717, 1.165) is 12.0 Å². The van der Waals surface area contributed by atoms with Gasteiger partial charge in [0.15, 0.2) is 0 Å². The Morgan fingerprint density at radius 1 is 1.06 bits per heavy atom. The number of rotatable bonds is 7. The summed E-state index contributed by atoms with van der Waals surface area (Å²) in [6.45, 7) is 7.22. The van der Waals surface area contributed by atoms with Gasteiger partial charge in [-0.05, 0) is 54.5 Å². The number of hydrogen-bond donors (Lipinski definition) is 2. The Morgan fingerprint density at radius 3 is 2.53 bits per heavy atom. The zero-order valence-corrected chi connectivity index (χ0v) is 19.1. The van der Waals surface area contributed by atoms with Gasteiger partial charge in [-0.15, -0.1) is 0 Å². The Labute approximate surface area is 190 Å². The first-order valence-corrected chi connectivity index (χ1v) is 11.4. The summed E-state index contributed by atoms with van der Waals surface area (Å²) in [6.07, 6.45) is 5.67. The van der Waals surface area contributed by atoms with Crippen LogP contribution in [0.2, 0.25) is 0 Å². The Morgan fingerprint density at radius 2 is 1.81 bits per heavy atom. The second kappa shape index (κ2) is 9.57. The third-order valence-electron chi connectivity index (χ3n) is 6.51. The number of nitrogens with one attached hydrogen (secondary N) is 2. The summed E-state index contributed by atoms with van der Waals surface area (Å²) in [5.74, 6) is -0.0139. The number of carbonyl (C=O) groups is 2. The van der Waals surface area contributed by atoms with Crippen LogP contribution in [0, 0.1) is 13.8 Å². The minimum Gasteiger partial charge on any atom is -0.352 e. The van der Waals surface area contributed by atoms with Gasteiger partial charge >= 0.3 is 0 Å². The van der Waals surface area contributed by atoms with Crippen molar-refractivity contribution in [2.24, 2.45) is 0 Å². The topological polar surface area (TPSA) is 64.7 Å². The third-order valence-corrected chi connectivity index (χ3v) is 6.51. The average Bonchev–Trinajstić information content (AvgIpc) is 3.24. The van der Waals surface area contributed by atoms with Crippen molar-refractivity contribution in [3.63, 3.8) is 0 Å². The minimum atomic E-state index is -0.244. The highest BCUT2D eigenvalue weighted by Gasteiger charge is 2.39. The maximum Gasteiger partial charge on any atom is 0.250 e. The summed E-state index contributed by atoms with van der Waals surface area (Å²) in [7, 11) is 0. The molecule has 0 bridgehead atoms. The van der Waals surface area contributed by atoms with Crippen molar-refractivity contribution in [2.75, 3.05) is 6.54 Å². The molecule has 168 valence electrons. The molecule has 2 aliphatic heterocycles. The quantitative estimate of drug-likeness (QED) is 0.703. The molecule has 1 saturated heterocycles. The van der Waals surface area contributed by atoms with Crippen molar-refractivity contribution in [3.05, 3.63) is 82.7 Å². The summed E-state index contributed by atoms with van der Waals surface area (Å²) >= 11 is 0. The number of fused-ring (bicyclic) bond motifs is 1. The minimum absolute atomic E-state index is 0.0364. The van der Waals surface area contributed by atoms with E-state index in [1.807, 2.05) is 23.3 Å². The van der Waals surface area contributed by atoms with E-state index >= 15 is 0 Å². The van der Waals surface area contributed by atoms with Crippen LogP contribution in [0.25, 0.3) is 0 Å². The highest BCUT2D eigenvalue weighted by molar-refractivity contribution is 5.85. The molecule has 2 aliphatic rings. The Hall–Kier alpha value is -3.12. The van der Waals surface area contributed by atoms with Crippen molar-refractivity contribution >= 4 is 11.8 Å². The Bertz CT molecular complexity index is 1010. The number of carbonyl (C=O) groups excluding carboxylic acids is 2. The van der Waals surface area contributed by atoms with Crippen LogP contribution in [0.1, 0.15) is 53.6 Å². The number of nitrogens with zero attached hydrogens (tertiary/aromatic N) is 2. The van der Waals surface area contributed by atoms with Crippen LogP contribution in [0.4, 0.5) is 0 Å². The predicted molar refractivity (Wildman–Crippen MR) is 125 cm³/mol. The molecule has 2 aromatic carbocycles. The summed E-state index contributed by atoms with van der Waals surface area (Å²) < 4.78 is 0. The lowest BCUT2D eigenvalue weighted by Gasteiger charge is -2.31. The van der Waals surface area contributed by atoms with Crippen LogP contribution in [0.15, 0.2) is 54.9 Å². The van der Waals surface area contributed by atoms with Gasteiger partial charge in [0.05, 0.1) is 6.04 Å². The van der Waals surface area contributed by atoms with E-state index in [4.69, 9.17) is 0 Å². The number of amides is 2. The van der Waals surface area contributed by atoms with Crippen molar-refractivity contribution in [3.8, 4) is 0 Å². The zero-order chi connectivity index (χ0) is 22.7. The van der Waals surface area contributed by atoms with Gasteiger partial charge in [-0.3, -0.25) is 9.59 Å². The number of benzene rings is 2. The molecular formula is C26H32N4O2. The van der Waals surface area contributed by atoms with E-state index in [1.54, 1.807) is 11.1 Å². The maximum absolute atomic E-state index is 13.0. The van der Waals surface area contributed by atoms with Crippen LogP contribution in [-0.2, 0) is 22.6 Å². The van der Waals surface area contributed by atoms with Gasteiger partial charge in [-0.1, -0.05) is 49.4 Å². The van der Waals surface area contributed by atoms with Crippen molar-refractivity contribution in [1.82, 2.24) is 20.7 Å². The molecule has 2 aromatic rings. The van der Waals surface area contributed by atoms with E-state index in [2.05, 4.69) is 61.8 Å². The number of hydrazine groups is 1. The fourth-order valence-electron chi connectivity index (χ4n) is 4.22. The molecule has 4 rings (SSSR count). The van der Waals surface area contributed by atoms with Crippen molar-refractivity contribution in [1.29, 1.82) is 0 Å². The molecule has 0 aliphatic carbocycles. The first-order chi connectivity index (χ1) is 15.4. The lowest BCUT2D eigenvalue weighted by atomic mass is 9.97. The van der Waals surface area contributed by atoms with Crippen LogP contribution in [-0.4, -0.2) is 34.3 Å². The van der Waals surface area contributed by atoms with Crippen LogP contribution >= 0.6 is 0 Å². The normalized spacial score (nSPS) is 19.9. The predicted octanol–water partition coefficient (Wildman–Crippen LogP) is 3.51. The summed E-state index contributed by atoms with van der Waals surface area (Å²) in [4.78, 5) is 27.0. The first kappa shape index (κ1) is 22.1. The monoisotopic (exact) mass is 432 g/mol. The van der Waals surface area contributed by atoms with E-state index < -0.39 is 0 Å². The van der Waals surface area contributed by atoms with E-state index in [1.165, 1.54) is 22.3 Å². The van der Waals surface area contributed by atoms with Crippen molar-refractivity contribution in [2.45, 2.75) is 58.7 Å². The largest absolute Gasteiger partial charge is 0.352 e. The molecule has 1 fully saturated rings. The van der Waals surface area contributed by atoms with Gasteiger partial charge < -0.3 is 15.2 Å². The smallest absolute Gasteiger partial charge is 0.250 e. The second-order valence-corrected chi connectivity index (χ2v) is 8.71. The van der Waals surface area contributed by atoms with Gasteiger partial charge in [-0.25, -0.2) is 5.43 Å². The molecule has 6 heteroatoms. The van der Waals surface area contributed by atoms with Gasteiger partial charge in [0.1, 0.15) is 6.04 Å². The summed E-state index contributed by atoms with van der Waals surface area (Å²) in [5, 5.41) is 4.85. The number of hydrogen-bond acceptors (Lipinski definition) is 4. The summed E-state index contributed by atoms with van der Waals surface area (Å²) in [5.41, 5.74) is 9.52. The molecular weight excluding hydrogens is 400 g/mol. The Kier molecular flexibility index (Phi) is 6.61. The van der Waals surface area contributed by atoms with Crippen LogP contribution < -0.4 is 10.7 Å². The molecule has 0 radical (unpaired) electrons. The van der Waals surface area contributed by atoms with Gasteiger partial charge in [0.2, 0.25) is 5.91 Å². The zero-order valence-electron chi connectivity index (χ0n) is 19.1. The molecule has 2 unspecified atom stereocenters. The maximum atomic E-state index is 13.0. The third kappa shape index (κ3) is 4.86. The molecule has 0 saturated carbocycles. The fraction of sp³-hybridized carbons (Fsp3) is 0.385. The molecule has 2 atom stereocenters. The standard InChI is InChI=1S/C26H32N4O2/c1-4-20-6-8-21(9-7-20)17-27-25(31)11-12-29-13-14-30-24(26(29)32)16-23(28-30)22-10-5-18(2)19(3)15-22/h5-10,13-15,23-24,28H,4,11-12,16-17H2,1-3H3,(H,27,31). The first-order valence-electron chi connectivity index (χ1n) is 11.4. The molecule has 2 N–H and O–H groups in total. The fourth-order valence-corrected chi connectivity index (χ4v) is 4.22. The molecule has 0 aromatic heterocycles. The van der Waals surface area contributed by atoms with E-state index in [0.29, 0.717) is 19.5 Å². The lowest BCUT2D eigenvalue weighted by molar-refractivity contribution is -0.134. The SMILES string of the molecule is CCc1ccc(CNC(=O)CCN2C=CN3NC(c4ccc(C)c(C)c4)CC3C2=O)cc1. The number of aryl methyl sites for hydroxylation is 3. The van der Waals surface area contributed by atoms with Gasteiger partial charge in [0, 0.05) is 31.9 Å². The molecule has 32 heavy (non-hydrogen) atoms. The van der Waals surface area contributed by atoms with E-state index in [-0.39, 0.29) is 30.3 Å². The highest BCUT2D eigenvalue weighted by atomic mass is 16.2. The molecule has 2 heterocycles.